The van der Waals surface area contributed by atoms with Gasteiger partial charge in [-0.2, -0.15) is 0 Å². The molecule has 124 valence electrons. The molecule has 5 aromatic rings. The lowest BCUT2D eigenvalue weighted by Crippen LogP contribution is -1.91. The Bertz CT molecular complexity index is 1230. The number of halogens is 1. The fraction of sp³-hybridized carbons (Fsp3) is 0. The van der Waals surface area contributed by atoms with E-state index in [9.17, 15) is 0 Å². The van der Waals surface area contributed by atoms with Gasteiger partial charge in [0.2, 0.25) is 0 Å². The van der Waals surface area contributed by atoms with E-state index in [1.54, 1.807) is 0 Å². The molecule has 0 aliphatic carbocycles. The van der Waals surface area contributed by atoms with Crippen molar-refractivity contribution in [3.05, 3.63) is 90.1 Å². The van der Waals surface area contributed by atoms with Gasteiger partial charge in [-0.3, -0.25) is 0 Å². The number of pyridine rings is 1. The molecule has 0 aliphatic rings. The topological polar surface area (TPSA) is 26.0 Å². The number of nitrogens with zero attached hydrogens (tertiary/aromatic N) is 1. The van der Waals surface area contributed by atoms with Crippen LogP contribution in [0.4, 0.5) is 0 Å². The summed E-state index contributed by atoms with van der Waals surface area (Å²) in [5, 5.41) is 1.45. The van der Waals surface area contributed by atoms with E-state index in [2.05, 4.69) is 12.1 Å². The standard InChI is InChI=1S/C23H14ClNO/c24-23-20(16-11-5-2-6-12-16)19(15-9-3-1-4-10-15)22-21(25-23)17-13-7-8-14-18(17)26-22/h1-14H. The summed E-state index contributed by atoms with van der Waals surface area (Å²) in [5.41, 5.74) is 6.32. The van der Waals surface area contributed by atoms with Crippen LogP contribution in [0.1, 0.15) is 0 Å². The zero-order valence-corrected chi connectivity index (χ0v) is 14.6. The van der Waals surface area contributed by atoms with Crippen LogP contribution in [0.2, 0.25) is 5.15 Å². The van der Waals surface area contributed by atoms with Crippen molar-refractivity contribution in [3.63, 3.8) is 0 Å². The van der Waals surface area contributed by atoms with E-state index in [4.69, 9.17) is 21.0 Å². The van der Waals surface area contributed by atoms with Crippen molar-refractivity contribution in [3.8, 4) is 22.3 Å². The SMILES string of the molecule is Clc1nc2c(oc3ccccc32)c(-c2ccccc2)c1-c1ccccc1. The van der Waals surface area contributed by atoms with Crippen LogP contribution in [0.3, 0.4) is 0 Å². The molecule has 3 heteroatoms. The van der Waals surface area contributed by atoms with E-state index in [1.165, 1.54) is 0 Å². The van der Waals surface area contributed by atoms with E-state index >= 15 is 0 Å². The third-order valence-electron chi connectivity index (χ3n) is 4.59. The Labute approximate surface area is 155 Å². The predicted octanol–water partition coefficient (Wildman–Crippen LogP) is 6.97. The Morgan fingerprint density at radius 1 is 0.654 bits per heavy atom. The van der Waals surface area contributed by atoms with Gasteiger partial charge in [-0.15, -0.1) is 0 Å². The third kappa shape index (κ3) is 2.31. The molecule has 2 aromatic heterocycles. The number of para-hydroxylation sites is 1. The van der Waals surface area contributed by atoms with Gasteiger partial charge in [0.05, 0.1) is 0 Å². The normalized spacial score (nSPS) is 11.3. The van der Waals surface area contributed by atoms with Gasteiger partial charge in [-0.25, -0.2) is 4.98 Å². The summed E-state index contributed by atoms with van der Waals surface area (Å²) in [7, 11) is 0. The summed E-state index contributed by atoms with van der Waals surface area (Å²) in [6.45, 7) is 0. The average Bonchev–Trinajstić information content (AvgIpc) is 3.06. The quantitative estimate of drug-likeness (QED) is 0.319. The van der Waals surface area contributed by atoms with Crippen LogP contribution in [-0.2, 0) is 0 Å². The minimum Gasteiger partial charge on any atom is -0.454 e. The highest BCUT2D eigenvalue weighted by atomic mass is 35.5. The molecule has 0 saturated heterocycles. The van der Waals surface area contributed by atoms with Crippen molar-refractivity contribution < 1.29 is 4.42 Å². The van der Waals surface area contributed by atoms with E-state index < -0.39 is 0 Å². The maximum absolute atomic E-state index is 6.70. The first kappa shape index (κ1) is 15.2. The molecule has 3 aromatic carbocycles. The minimum atomic E-state index is 0.481. The molecule has 0 N–H and O–H groups in total. The maximum atomic E-state index is 6.70. The maximum Gasteiger partial charge on any atom is 0.162 e. The monoisotopic (exact) mass is 355 g/mol. The zero-order valence-electron chi connectivity index (χ0n) is 13.8. The summed E-state index contributed by atoms with van der Waals surface area (Å²) in [5.74, 6) is 0. The number of rotatable bonds is 2. The molecule has 26 heavy (non-hydrogen) atoms. The first-order valence-electron chi connectivity index (χ1n) is 8.44. The summed E-state index contributed by atoms with van der Waals surface area (Å²) < 4.78 is 6.23. The number of aromatic nitrogens is 1. The van der Waals surface area contributed by atoms with Gasteiger partial charge < -0.3 is 4.42 Å². The van der Waals surface area contributed by atoms with Gasteiger partial charge in [0, 0.05) is 16.5 Å². The molecule has 0 saturated carbocycles. The molecular weight excluding hydrogens is 342 g/mol. The van der Waals surface area contributed by atoms with Crippen molar-refractivity contribution >= 4 is 33.7 Å². The highest BCUT2D eigenvalue weighted by Crippen LogP contribution is 2.43. The lowest BCUT2D eigenvalue weighted by atomic mass is 9.95. The van der Waals surface area contributed by atoms with Gasteiger partial charge in [0.15, 0.2) is 5.58 Å². The highest BCUT2D eigenvalue weighted by molar-refractivity contribution is 6.34. The summed E-state index contributed by atoms with van der Waals surface area (Å²) in [4.78, 5) is 4.70. The molecule has 0 fully saturated rings. The van der Waals surface area contributed by atoms with Crippen molar-refractivity contribution in [2.75, 3.05) is 0 Å². The number of hydrogen-bond acceptors (Lipinski definition) is 2. The van der Waals surface area contributed by atoms with Crippen LogP contribution < -0.4 is 0 Å². The predicted molar refractivity (Wildman–Crippen MR) is 107 cm³/mol. The van der Waals surface area contributed by atoms with Crippen LogP contribution >= 0.6 is 11.6 Å². The molecule has 0 aliphatic heterocycles. The number of furan rings is 1. The summed E-state index contributed by atoms with van der Waals surface area (Å²) in [6.07, 6.45) is 0. The number of benzene rings is 3. The minimum absolute atomic E-state index is 0.481. The van der Waals surface area contributed by atoms with Gasteiger partial charge in [-0.1, -0.05) is 84.4 Å². The van der Waals surface area contributed by atoms with Crippen LogP contribution in [-0.4, -0.2) is 4.98 Å². The molecule has 0 bridgehead atoms. The second kappa shape index (κ2) is 6.01. The highest BCUT2D eigenvalue weighted by Gasteiger charge is 2.21. The Morgan fingerprint density at radius 3 is 1.92 bits per heavy atom. The first-order chi connectivity index (χ1) is 12.8. The molecule has 2 nitrogen and oxygen atoms in total. The van der Waals surface area contributed by atoms with Gasteiger partial charge in [-0.05, 0) is 23.3 Å². The van der Waals surface area contributed by atoms with Crippen molar-refractivity contribution in [1.82, 2.24) is 4.98 Å². The molecule has 0 atom stereocenters. The second-order valence-electron chi connectivity index (χ2n) is 6.16. The third-order valence-corrected chi connectivity index (χ3v) is 4.86. The average molecular weight is 356 g/mol. The Morgan fingerprint density at radius 2 is 1.23 bits per heavy atom. The summed E-state index contributed by atoms with van der Waals surface area (Å²) >= 11 is 6.70. The number of hydrogen-bond donors (Lipinski definition) is 0. The van der Waals surface area contributed by atoms with E-state index in [1.807, 2.05) is 72.8 Å². The molecular formula is C23H14ClNO. The van der Waals surface area contributed by atoms with Crippen molar-refractivity contribution in [2.24, 2.45) is 0 Å². The Hall–Kier alpha value is -3.10. The molecule has 5 rings (SSSR count). The van der Waals surface area contributed by atoms with Crippen LogP contribution in [0.15, 0.2) is 89.3 Å². The van der Waals surface area contributed by atoms with E-state index in [-0.39, 0.29) is 0 Å². The summed E-state index contributed by atoms with van der Waals surface area (Å²) in [6, 6.07) is 28.2. The lowest BCUT2D eigenvalue weighted by Gasteiger charge is -2.12. The Balaban J connectivity index is 1.98. The molecule has 0 unspecified atom stereocenters. The van der Waals surface area contributed by atoms with Crippen LogP contribution in [0.25, 0.3) is 44.3 Å². The van der Waals surface area contributed by atoms with Crippen LogP contribution in [0, 0.1) is 0 Å². The molecule has 2 heterocycles. The van der Waals surface area contributed by atoms with Gasteiger partial charge in [0.25, 0.3) is 0 Å². The fourth-order valence-electron chi connectivity index (χ4n) is 3.43. The lowest BCUT2D eigenvalue weighted by molar-refractivity contribution is 0.669. The van der Waals surface area contributed by atoms with E-state index in [0.29, 0.717) is 5.15 Å². The van der Waals surface area contributed by atoms with Crippen molar-refractivity contribution in [1.29, 1.82) is 0 Å². The smallest absolute Gasteiger partial charge is 0.162 e. The largest absolute Gasteiger partial charge is 0.454 e. The first-order valence-corrected chi connectivity index (χ1v) is 8.82. The fourth-order valence-corrected chi connectivity index (χ4v) is 3.72. The van der Waals surface area contributed by atoms with Crippen molar-refractivity contribution in [2.45, 2.75) is 0 Å². The number of fused-ring (bicyclic) bond motifs is 3. The van der Waals surface area contributed by atoms with Gasteiger partial charge in [0.1, 0.15) is 16.3 Å². The Kier molecular flexibility index (Phi) is 3.51. The second-order valence-corrected chi connectivity index (χ2v) is 6.52. The molecule has 0 spiro atoms. The molecule has 0 radical (unpaired) electrons. The molecule has 0 amide bonds. The van der Waals surface area contributed by atoms with Gasteiger partial charge >= 0.3 is 0 Å². The van der Waals surface area contributed by atoms with E-state index in [0.717, 1.165) is 44.3 Å². The van der Waals surface area contributed by atoms with Crippen LogP contribution in [0.5, 0.6) is 0 Å². The zero-order chi connectivity index (χ0) is 17.5.